The van der Waals surface area contributed by atoms with E-state index < -0.39 is 0 Å². The Morgan fingerprint density at radius 2 is 2.42 bits per heavy atom. The summed E-state index contributed by atoms with van der Waals surface area (Å²) >= 11 is 0. The van der Waals surface area contributed by atoms with Crippen molar-refractivity contribution >= 4 is 5.71 Å². The van der Waals surface area contributed by atoms with Crippen LogP contribution in [0.2, 0.25) is 0 Å². The maximum absolute atomic E-state index is 4.16. The molecule has 0 aliphatic heterocycles. The van der Waals surface area contributed by atoms with Crippen LogP contribution in [0.1, 0.15) is 19.5 Å². The van der Waals surface area contributed by atoms with Gasteiger partial charge in [-0.2, -0.15) is 5.10 Å². The zero-order chi connectivity index (χ0) is 8.81. The van der Waals surface area contributed by atoms with Crippen LogP contribution in [0, 0.1) is 0 Å². The standard InChI is InChI=1S/C9H13N3/c1-3-11-12-8(2)9-6-4-5-7-10-9/h4-7,11H,3H2,1-2H3. The molecular formula is C9H13N3. The van der Waals surface area contributed by atoms with Gasteiger partial charge in [0.15, 0.2) is 0 Å². The number of aromatic nitrogens is 1. The highest BCUT2D eigenvalue weighted by molar-refractivity contribution is 5.96. The van der Waals surface area contributed by atoms with Crippen molar-refractivity contribution in [3.05, 3.63) is 30.1 Å². The molecule has 0 saturated heterocycles. The summed E-state index contributed by atoms with van der Waals surface area (Å²) in [4.78, 5) is 4.16. The molecular weight excluding hydrogens is 150 g/mol. The molecule has 12 heavy (non-hydrogen) atoms. The summed E-state index contributed by atoms with van der Waals surface area (Å²) in [5.41, 5.74) is 4.72. The molecule has 0 saturated carbocycles. The fourth-order valence-electron chi connectivity index (χ4n) is 0.832. The van der Waals surface area contributed by atoms with Crippen molar-refractivity contribution in [2.75, 3.05) is 6.54 Å². The van der Waals surface area contributed by atoms with Crippen LogP contribution in [-0.4, -0.2) is 17.2 Å². The minimum absolute atomic E-state index is 0.837. The Labute approximate surface area is 72.5 Å². The highest BCUT2D eigenvalue weighted by atomic mass is 15.3. The highest BCUT2D eigenvalue weighted by Gasteiger charge is 1.94. The molecule has 0 amide bonds. The number of pyridine rings is 1. The summed E-state index contributed by atoms with van der Waals surface area (Å²) in [5.74, 6) is 0. The van der Waals surface area contributed by atoms with Gasteiger partial charge < -0.3 is 5.43 Å². The van der Waals surface area contributed by atoms with E-state index in [1.54, 1.807) is 6.20 Å². The molecule has 0 fully saturated rings. The van der Waals surface area contributed by atoms with E-state index in [0.717, 1.165) is 18.0 Å². The molecule has 0 radical (unpaired) electrons. The Hall–Kier alpha value is -1.38. The van der Waals surface area contributed by atoms with E-state index in [-0.39, 0.29) is 0 Å². The number of hydrogen-bond donors (Lipinski definition) is 1. The summed E-state index contributed by atoms with van der Waals surface area (Å²) in [5, 5.41) is 4.12. The quantitative estimate of drug-likeness (QED) is 0.540. The predicted molar refractivity (Wildman–Crippen MR) is 50.1 cm³/mol. The highest BCUT2D eigenvalue weighted by Crippen LogP contribution is 1.94. The molecule has 1 N–H and O–H groups in total. The van der Waals surface area contributed by atoms with Gasteiger partial charge in [0, 0.05) is 12.7 Å². The summed E-state index contributed by atoms with van der Waals surface area (Å²) in [6, 6.07) is 5.79. The van der Waals surface area contributed by atoms with Gasteiger partial charge in [-0.25, -0.2) is 0 Å². The third-order valence-electron chi connectivity index (χ3n) is 1.44. The lowest BCUT2D eigenvalue weighted by Gasteiger charge is -1.98. The van der Waals surface area contributed by atoms with Gasteiger partial charge in [-0.15, -0.1) is 0 Å². The fraction of sp³-hybridized carbons (Fsp3) is 0.333. The maximum atomic E-state index is 4.16. The van der Waals surface area contributed by atoms with Gasteiger partial charge in [0.2, 0.25) is 0 Å². The lowest BCUT2D eigenvalue weighted by molar-refractivity contribution is 0.782. The number of hydrogen-bond acceptors (Lipinski definition) is 3. The van der Waals surface area contributed by atoms with Gasteiger partial charge in [0.25, 0.3) is 0 Å². The van der Waals surface area contributed by atoms with Crippen LogP contribution in [0.3, 0.4) is 0 Å². The third kappa shape index (κ3) is 2.34. The van der Waals surface area contributed by atoms with Crippen molar-refractivity contribution in [2.45, 2.75) is 13.8 Å². The second-order valence-electron chi connectivity index (χ2n) is 2.42. The summed E-state index contributed by atoms with van der Waals surface area (Å²) in [6.45, 7) is 4.78. The average molecular weight is 163 g/mol. The van der Waals surface area contributed by atoms with Crippen molar-refractivity contribution < 1.29 is 0 Å². The summed E-state index contributed by atoms with van der Waals surface area (Å²) < 4.78 is 0. The Morgan fingerprint density at radius 3 is 3.00 bits per heavy atom. The number of hydrazone groups is 1. The second-order valence-corrected chi connectivity index (χ2v) is 2.42. The number of nitrogens with one attached hydrogen (secondary N) is 1. The molecule has 0 unspecified atom stereocenters. The topological polar surface area (TPSA) is 37.3 Å². The van der Waals surface area contributed by atoms with Crippen LogP contribution in [0.25, 0.3) is 0 Å². The molecule has 0 bridgehead atoms. The molecule has 0 spiro atoms. The Kier molecular flexibility index (Phi) is 3.26. The van der Waals surface area contributed by atoms with E-state index in [1.807, 2.05) is 32.0 Å². The van der Waals surface area contributed by atoms with Gasteiger partial charge in [0.05, 0.1) is 11.4 Å². The van der Waals surface area contributed by atoms with Crippen molar-refractivity contribution in [1.29, 1.82) is 0 Å². The van der Waals surface area contributed by atoms with Crippen LogP contribution >= 0.6 is 0 Å². The van der Waals surface area contributed by atoms with E-state index in [9.17, 15) is 0 Å². The Morgan fingerprint density at radius 1 is 1.58 bits per heavy atom. The number of rotatable bonds is 3. The molecule has 0 aliphatic carbocycles. The first kappa shape index (κ1) is 8.71. The zero-order valence-electron chi connectivity index (χ0n) is 7.41. The molecule has 0 atom stereocenters. The van der Waals surface area contributed by atoms with Crippen molar-refractivity contribution in [2.24, 2.45) is 5.10 Å². The zero-order valence-corrected chi connectivity index (χ0v) is 7.41. The van der Waals surface area contributed by atoms with Crippen LogP contribution in [0.4, 0.5) is 0 Å². The van der Waals surface area contributed by atoms with Crippen LogP contribution in [-0.2, 0) is 0 Å². The molecule has 1 aromatic heterocycles. The van der Waals surface area contributed by atoms with Gasteiger partial charge in [-0.3, -0.25) is 4.98 Å². The van der Waals surface area contributed by atoms with Crippen molar-refractivity contribution in [3.63, 3.8) is 0 Å². The molecule has 0 aromatic carbocycles. The minimum atomic E-state index is 0.837. The SMILES string of the molecule is CCNN=C(C)c1ccccn1. The van der Waals surface area contributed by atoms with E-state index in [4.69, 9.17) is 0 Å². The Balaban J connectivity index is 2.71. The first-order chi connectivity index (χ1) is 5.84. The molecule has 1 rings (SSSR count). The van der Waals surface area contributed by atoms with Crippen LogP contribution in [0.5, 0.6) is 0 Å². The third-order valence-corrected chi connectivity index (χ3v) is 1.44. The van der Waals surface area contributed by atoms with Crippen molar-refractivity contribution in [1.82, 2.24) is 10.4 Å². The summed E-state index contributed by atoms with van der Waals surface area (Å²) in [7, 11) is 0. The second kappa shape index (κ2) is 4.49. The first-order valence-electron chi connectivity index (χ1n) is 4.03. The minimum Gasteiger partial charge on any atom is -0.310 e. The molecule has 0 aliphatic rings. The maximum Gasteiger partial charge on any atom is 0.0859 e. The molecule has 3 nitrogen and oxygen atoms in total. The van der Waals surface area contributed by atoms with E-state index in [2.05, 4.69) is 15.5 Å². The van der Waals surface area contributed by atoms with Gasteiger partial charge in [-0.1, -0.05) is 6.07 Å². The molecule has 3 heteroatoms. The normalized spacial score (nSPS) is 11.3. The molecule has 1 heterocycles. The number of nitrogens with zero attached hydrogens (tertiary/aromatic N) is 2. The van der Waals surface area contributed by atoms with Crippen molar-refractivity contribution in [3.8, 4) is 0 Å². The first-order valence-corrected chi connectivity index (χ1v) is 4.03. The monoisotopic (exact) mass is 163 g/mol. The lowest BCUT2D eigenvalue weighted by Crippen LogP contribution is -2.08. The average Bonchev–Trinajstić information content (AvgIpc) is 2.15. The fourth-order valence-corrected chi connectivity index (χ4v) is 0.832. The van der Waals surface area contributed by atoms with Gasteiger partial charge in [-0.05, 0) is 26.0 Å². The van der Waals surface area contributed by atoms with E-state index in [1.165, 1.54) is 0 Å². The summed E-state index contributed by atoms with van der Waals surface area (Å²) in [6.07, 6.45) is 1.76. The van der Waals surface area contributed by atoms with Gasteiger partial charge in [0.1, 0.15) is 0 Å². The van der Waals surface area contributed by atoms with Gasteiger partial charge >= 0.3 is 0 Å². The van der Waals surface area contributed by atoms with E-state index in [0.29, 0.717) is 0 Å². The smallest absolute Gasteiger partial charge is 0.0859 e. The van der Waals surface area contributed by atoms with E-state index >= 15 is 0 Å². The molecule has 64 valence electrons. The largest absolute Gasteiger partial charge is 0.310 e. The van der Waals surface area contributed by atoms with Crippen LogP contribution in [0.15, 0.2) is 29.5 Å². The predicted octanol–water partition coefficient (Wildman–Crippen LogP) is 1.42. The van der Waals surface area contributed by atoms with Crippen LogP contribution < -0.4 is 5.43 Å². The lowest BCUT2D eigenvalue weighted by atomic mass is 10.3. The molecule has 1 aromatic rings. The Bertz CT molecular complexity index is 254.